The Morgan fingerprint density at radius 2 is 2.17 bits per heavy atom. The number of rotatable bonds is 4. The zero-order valence-corrected chi connectivity index (χ0v) is 10.1. The molecular formula is C13H17NO4. The zero-order valence-electron chi connectivity index (χ0n) is 10.1. The summed E-state index contributed by atoms with van der Waals surface area (Å²) in [6, 6.07) is 3.24. The molecule has 1 fully saturated rings. The molecule has 0 saturated heterocycles. The van der Waals surface area contributed by atoms with Crippen molar-refractivity contribution in [3.63, 3.8) is 0 Å². The fourth-order valence-electron chi connectivity index (χ4n) is 2.50. The van der Waals surface area contributed by atoms with Gasteiger partial charge in [-0.3, -0.25) is 9.59 Å². The first-order valence-electron chi connectivity index (χ1n) is 6.23. The summed E-state index contributed by atoms with van der Waals surface area (Å²) in [5, 5.41) is 11.9. The van der Waals surface area contributed by atoms with Gasteiger partial charge < -0.3 is 14.8 Å². The number of amides is 1. The molecule has 1 aliphatic carbocycles. The van der Waals surface area contributed by atoms with Gasteiger partial charge in [0.1, 0.15) is 0 Å². The van der Waals surface area contributed by atoms with E-state index in [1.165, 1.54) is 6.26 Å². The van der Waals surface area contributed by atoms with Gasteiger partial charge in [0.25, 0.3) is 5.91 Å². The lowest BCUT2D eigenvalue weighted by atomic mass is 9.79. The second-order valence-corrected chi connectivity index (χ2v) is 4.68. The largest absolute Gasteiger partial charge is 0.481 e. The minimum atomic E-state index is -0.757. The van der Waals surface area contributed by atoms with Crippen molar-refractivity contribution in [1.29, 1.82) is 0 Å². The molecule has 0 aromatic carbocycles. The lowest BCUT2D eigenvalue weighted by Gasteiger charge is -2.28. The maximum atomic E-state index is 11.7. The highest BCUT2D eigenvalue weighted by molar-refractivity contribution is 5.91. The summed E-state index contributed by atoms with van der Waals surface area (Å²) in [4.78, 5) is 22.8. The lowest BCUT2D eigenvalue weighted by Crippen LogP contribution is -2.37. The highest BCUT2D eigenvalue weighted by Crippen LogP contribution is 2.29. The van der Waals surface area contributed by atoms with Crippen molar-refractivity contribution in [2.75, 3.05) is 6.54 Å². The number of aliphatic carboxylic acids is 1. The third-order valence-corrected chi connectivity index (χ3v) is 3.50. The predicted octanol–water partition coefficient (Wildman–Crippen LogP) is 1.90. The topological polar surface area (TPSA) is 79.5 Å². The van der Waals surface area contributed by atoms with Crippen LogP contribution < -0.4 is 5.32 Å². The fraction of sp³-hybridized carbons (Fsp3) is 0.538. The summed E-state index contributed by atoms with van der Waals surface area (Å²) < 4.78 is 4.98. The average molecular weight is 251 g/mol. The third-order valence-electron chi connectivity index (χ3n) is 3.50. The van der Waals surface area contributed by atoms with E-state index in [1.807, 2.05) is 0 Å². The van der Waals surface area contributed by atoms with Gasteiger partial charge in [0.05, 0.1) is 12.2 Å². The van der Waals surface area contributed by atoms with Crippen LogP contribution in [0.2, 0.25) is 0 Å². The molecule has 2 rings (SSSR count). The van der Waals surface area contributed by atoms with Crippen LogP contribution in [0.3, 0.4) is 0 Å². The second kappa shape index (κ2) is 5.71. The molecule has 98 valence electrons. The van der Waals surface area contributed by atoms with Crippen LogP contribution in [0, 0.1) is 11.8 Å². The van der Waals surface area contributed by atoms with Crippen LogP contribution in [-0.2, 0) is 4.79 Å². The average Bonchev–Trinajstić information content (AvgIpc) is 2.90. The van der Waals surface area contributed by atoms with Gasteiger partial charge >= 0.3 is 5.97 Å². The molecule has 18 heavy (non-hydrogen) atoms. The third kappa shape index (κ3) is 2.91. The molecule has 2 atom stereocenters. The van der Waals surface area contributed by atoms with Crippen LogP contribution in [-0.4, -0.2) is 23.5 Å². The van der Waals surface area contributed by atoms with Gasteiger partial charge in [0.15, 0.2) is 5.76 Å². The van der Waals surface area contributed by atoms with E-state index < -0.39 is 5.97 Å². The van der Waals surface area contributed by atoms with Crippen LogP contribution in [0.15, 0.2) is 22.8 Å². The van der Waals surface area contributed by atoms with Gasteiger partial charge in [-0.25, -0.2) is 0 Å². The van der Waals surface area contributed by atoms with Gasteiger partial charge in [0.2, 0.25) is 0 Å². The molecule has 0 aliphatic heterocycles. The maximum absolute atomic E-state index is 11.7. The number of carbonyl (C=O) groups is 2. The quantitative estimate of drug-likeness (QED) is 0.856. The molecule has 2 unspecified atom stereocenters. The van der Waals surface area contributed by atoms with Gasteiger partial charge in [-0.05, 0) is 30.9 Å². The first kappa shape index (κ1) is 12.7. The van der Waals surface area contributed by atoms with Gasteiger partial charge in [-0.2, -0.15) is 0 Å². The first-order valence-corrected chi connectivity index (χ1v) is 6.23. The second-order valence-electron chi connectivity index (χ2n) is 4.68. The van der Waals surface area contributed by atoms with Crippen molar-refractivity contribution in [2.45, 2.75) is 25.7 Å². The number of nitrogens with one attached hydrogen (secondary N) is 1. The summed E-state index contributed by atoms with van der Waals surface area (Å²) in [7, 11) is 0. The van der Waals surface area contributed by atoms with Crippen molar-refractivity contribution >= 4 is 11.9 Å². The standard InChI is InChI=1S/C13H17NO4/c15-12(11-6-3-7-18-11)14-8-9-4-1-2-5-10(9)13(16)17/h3,6-7,9-10H,1-2,4-5,8H2,(H,14,15)(H,16,17). The molecule has 0 radical (unpaired) electrons. The van der Waals surface area contributed by atoms with E-state index >= 15 is 0 Å². The molecule has 1 aliphatic rings. The number of hydrogen-bond acceptors (Lipinski definition) is 3. The van der Waals surface area contributed by atoms with Crippen LogP contribution in [0.4, 0.5) is 0 Å². The smallest absolute Gasteiger partial charge is 0.306 e. The van der Waals surface area contributed by atoms with Crippen LogP contribution in [0.5, 0.6) is 0 Å². The number of carbonyl (C=O) groups excluding carboxylic acids is 1. The van der Waals surface area contributed by atoms with E-state index in [-0.39, 0.29) is 23.5 Å². The molecule has 1 saturated carbocycles. The summed E-state index contributed by atoms with van der Waals surface area (Å²) in [6.45, 7) is 0.399. The highest BCUT2D eigenvalue weighted by atomic mass is 16.4. The van der Waals surface area contributed by atoms with Crippen LogP contribution >= 0.6 is 0 Å². The van der Waals surface area contributed by atoms with Crippen LogP contribution in [0.25, 0.3) is 0 Å². The lowest BCUT2D eigenvalue weighted by molar-refractivity contribution is -0.144. The number of furan rings is 1. The van der Waals surface area contributed by atoms with E-state index in [0.29, 0.717) is 13.0 Å². The fourth-order valence-corrected chi connectivity index (χ4v) is 2.50. The van der Waals surface area contributed by atoms with E-state index in [2.05, 4.69) is 5.32 Å². The molecule has 2 N–H and O–H groups in total. The van der Waals surface area contributed by atoms with Crippen molar-refractivity contribution < 1.29 is 19.1 Å². The number of carboxylic acid groups (broad SMARTS) is 1. The Kier molecular flexibility index (Phi) is 4.02. The Hall–Kier alpha value is -1.78. The molecule has 5 nitrogen and oxygen atoms in total. The molecule has 1 aromatic rings. The van der Waals surface area contributed by atoms with Crippen molar-refractivity contribution in [1.82, 2.24) is 5.32 Å². The summed E-state index contributed by atoms with van der Waals surface area (Å²) in [5.74, 6) is -1.09. The first-order chi connectivity index (χ1) is 8.68. The molecule has 1 amide bonds. The highest BCUT2D eigenvalue weighted by Gasteiger charge is 2.30. The molecule has 1 heterocycles. The maximum Gasteiger partial charge on any atom is 0.306 e. The Morgan fingerprint density at radius 3 is 2.83 bits per heavy atom. The van der Waals surface area contributed by atoms with Crippen molar-refractivity contribution in [2.24, 2.45) is 11.8 Å². The molecular weight excluding hydrogens is 234 g/mol. The predicted molar refractivity (Wildman–Crippen MR) is 64.1 cm³/mol. The van der Waals surface area contributed by atoms with Gasteiger partial charge in [-0.15, -0.1) is 0 Å². The van der Waals surface area contributed by atoms with E-state index in [1.54, 1.807) is 12.1 Å². The Balaban J connectivity index is 1.88. The van der Waals surface area contributed by atoms with Crippen molar-refractivity contribution in [3.05, 3.63) is 24.2 Å². The van der Waals surface area contributed by atoms with E-state index in [9.17, 15) is 9.59 Å². The Bertz CT molecular complexity index is 413. The van der Waals surface area contributed by atoms with Crippen LogP contribution in [0.1, 0.15) is 36.2 Å². The van der Waals surface area contributed by atoms with Crippen molar-refractivity contribution in [3.8, 4) is 0 Å². The van der Waals surface area contributed by atoms with E-state index in [4.69, 9.17) is 9.52 Å². The van der Waals surface area contributed by atoms with E-state index in [0.717, 1.165) is 19.3 Å². The molecule has 5 heteroatoms. The normalized spacial score (nSPS) is 23.6. The summed E-state index contributed by atoms with van der Waals surface area (Å²) >= 11 is 0. The molecule has 1 aromatic heterocycles. The Morgan fingerprint density at radius 1 is 1.39 bits per heavy atom. The number of hydrogen-bond donors (Lipinski definition) is 2. The number of carboxylic acids is 1. The zero-order chi connectivity index (χ0) is 13.0. The SMILES string of the molecule is O=C(NCC1CCCCC1C(=O)O)c1ccco1. The monoisotopic (exact) mass is 251 g/mol. The van der Waals surface area contributed by atoms with Gasteiger partial charge in [0, 0.05) is 6.54 Å². The summed E-state index contributed by atoms with van der Waals surface area (Å²) in [6.07, 6.45) is 4.99. The molecule has 0 spiro atoms. The summed E-state index contributed by atoms with van der Waals surface area (Å²) in [5.41, 5.74) is 0. The van der Waals surface area contributed by atoms with Gasteiger partial charge in [-0.1, -0.05) is 12.8 Å². The molecule has 0 bridgehead atoms. The minimum absolute atomic E-state index is 0.0233. The minimum Gasteiger partial charge on any atom is -0.481 e. The Labute approximate surface area is 105 Å².